The molecule has 11 heteroatoms. The Morgan fingerprint density at radius 2 is 2.10 bits per heavy atom. The molecule has 0 aromatic carbocycles. The maximum atomic E-state index is 12.8. The zero-order valence-electron chi connectivity index (χ0n) is 15.6. The van der Waals surface area contributed by atoms with E-state index in [1.807, 2.05) is 6.07 Å². The van der Waals surface area contributed by atoms with Crippen molar-refractivity contribution in [2.75, 3.05) is 7.11 Å². The third kappa shape index (κ3) is 3.55. The number of nitrogens with one attached hydrogen (secondary N) is 1. The second-order valence-corrected chi connectivity index (χ2v) is 6.62. The summed E-state index contributed by atoms with van der Waals surface area (Å²) in [6.45, 7) is 1.95. The predicted molar refractivity (Wildman–Crippen MR) is 95.1 cm³/mol. The molecule has 0 bridgehead atoms. The fourth-order valence-corrected chi connectivity index (χ4v) is 3.31. The number of aromatic nitrogens is 5. The Balaban J connectivity index is 1.55. The minimum absolute atomic E-state index is 0.0101. The molecule has 29 heavy (non-hydrogen) atoms. The quantitative estimate of drug-likeness (QED) is 0.720. The molecule has 3 aromatic rings. The summed E-state index contributed by atoms with van der Waals surface area (Å²) in [5.41, 5.74) is 2.19. The molecule has 0 aliphatic carbocycles. The van der Waals surface area contributed by atoms with Gasteiger partial charge >= 0.3 is 6.30 Å². The first-order valence-electron chi connectivity index (χ1n) is 8.79. The van der Waals surface area contributed by atoms with Crippen molar-refractivity contribution < 1.29 is 22.7 Å². The summed E-state index contributed by atoms with van der Waals surface area (Å²) >= 11 is 0. The minimum Gasteiger partial charge on any atom is -0.481 e. The van der Waals surface area contributed by atoms with Crippen LogP contribution in [0.3, 0.4) is 0 Å². The van der Waals surface area contributed by atoms with Gasteiger partial charge in [0.15, 0.2) is 0 Å². The third-order valence-corrected chi connectivity index (χ3v) is 4.75. The molecular formula is C18H17F3N6O2. The number of alkyl halides is 3. The maximum absolute atomic E-state index is 12.8. The Morgan fingerprint density at radius 3 is 2.79 bits per heavy atom. The number of fused-ring (bicyclic) bond motifs is 1. The van der Waals surface area contributed by atoms with Crippen molar-refractivity contribution in [3.8, 4) is 17.1 Å². The van der Waals surface area contributed by atoms with E-state index in [9.17, 15) is 18.0 Å². The molecule has 1 aliphatic heterocycles. The van der Waals surface area contributed by atoms with Gasteiger partial charge in [0.05, 0.1) is 35.8 Å². The molecule has 0 saturated heterocycles. The molecule has 3 aromatic heterocycles. The number of carbonyl (C=O) groups excluding carboxylic acids is 1. The van der Waals surface area contributed by atoms with Crippen LogP contribution in [0, 0.1) is 6.92 Å². The highest BCUT2D eigenvalue weighted by atomic mass is 19.4. The Kier molecular flexibility index (Phi) is 4.52. The van der Waals surface area contributed by atoms with Gasteiger partial charge in [0.25, 0.3) is 5.91 Å². The monoisotopic (exact) mass is 406 g/mol. The van der Waals surface area contributed by atoms with E-state index in [-0.39, 0.29) is 22.0 Å². The highest BCUT2D eigenvalue weighted by Gasteiger charge is 2.34. The molecule has 4 rings (SSSR count). The van der Waals surface area contributed by atoms with E-state index in [0.29, 0.717) is 30.7 Å². The van der Waals surface area contributed by atoms with Crippen molar-refractivity contribution in [1.29, 1.82) is 0 Å². The van der Waals surface area contributed by atoms with E-state index in [2.05, 4.69) is 20.5 Å². The fraction of sp³-hybridized carbons (Fsp3) is 0.333. The molecule has 152 valence electrons. The van der Waals surface area contributed by atoms with Crippen LogP contribution in [0.1, 0.15) is 34.2 Å². The summed E-state index contributed by atoms with van der Waals surface area (Å²) in [6, 6.07) is 5.03. The number of methoxy groups -OCH3 is 1. The average molecular weight is 406 g/mol. The second kappa shape index (κ2) is 6.90. The van der Waals surface area contributed by atoms with Crippen molar-refractivity contribution in [3.05, 3.63) is 47.5 Å². The van der Waals surface area contributed by atoms with Gasteiger partial charge in [0, 0.05) is 30.6 Å². The Morgan fingerprint density at radius 1 is 1.31 bits per heavy atom. The smallest absolute Gasteiger partial charge is 0.481 e. The van der Waals surface area contributed by atoms with Crippen LogP contribution in [0.2, 0.25) is 0 Å². The van der Waals surface area contributed by atoms with Crippen molar-refractivity contribution >= 4 is 5.91 Å². The van der Waals surface area contributed by atoms with Crippen LogP contribution in [0.4, 0.5) is 13.2 Å². The largest absolute Gasteiger partial charge is 0.504 e. The van der Waals surface area contributed by atoms with Crippen LogP contribution >= 0.6 is 0 Å². The molecule has 1 unspecified atom stereocenters. The normalized spacial score (nSPS) is 16.0. The van der Waals surface area contributed by atoms with E-state index in [1.165, 1.54) is 14.0 Å². The minimum atomic E-state index is -4.67. The lowest BCUT2D eigenvalue weighted by Crippen LogP contribution is -2.27. The number of ether oxygens (including phenoxy) is 1. The first-order chi connectivity index (χ1) is 13.8. The van der Waals surface area contributed by atoms with Gasteiger partial charge in [-0.25, -0.2) is 4.98 Å². The summed E-state index contributed by atoms with van der Waals surface area (Å²) in [6.07, 6.45) is -1.76. The fourth-order valence-electron chi connectivity index (χ4n) is 3.31. The molecule has 1 aliphatic rings. The van der Waals surface area contributed by atoms with Gasteiger partial charge < -0.3 is 10.1 Å². The molecular weight excluding hydrogens is 389 g/mol. The van der Waals surface area contributed by atoms with Crippen LogP contribution < -0.4 is 10.1 Å². The predicted octanol–water partition coefficient (Wildman–Crippen LogP) is 2.81. The van der Waals surface area contributed by atoms with Gasteiger partial charge in [-0.1, -0.05) is 0 Å². The number of amides is 1. The third-order valence-electron chi connectivity index (χ3n) is 4.75. The molecule has 8 nitrogen and oxygen atoms in total. The lowest BCUT2D eigenvalue weighted by atomic mass is 10.1. The van der Waals surface area contributed by atoms with Crippen molar-refractivity contribution in [2.24, 2.45) is 0 Å². The van der Waals surface area contributed by atoms with E-state index < -0.39 is 12.2 Å². The zero-order valence-corrected chi connectivity index (χ0v) is 15.6. The topological polar surface area (TPSA) is 86.9 Å². The summed E-state index contributed by atoms with van der Waals surface area (Å²) in [7, 11) is 1.52. The molecule has 0 radical (unpaired) electrons. The molecule has 0 saturated carbocycles. The lowest BCUT2D eigenvalue weighted by Gasteiger charge is -2.11. The lowest BCUT2D eigenvalue weighted by molar-refractivity contribution is -0.212. The van der Waals surface area contributed by atoms with Gasteiger partial charge in [0.1, 0.15) is 0 Å². The maximum Gasteiger partial charge on any atom is 0.504 e. The van der Waals surface area contributed by atoms with E-state index in [1.54, 1.807) is 23.0 Å². The molecule has 1 amide bonds. The number of nitrogens with zero attached hydrogens (tertiary/aromatic N) is 5. The number of hydrogen-bond donors (Lipinski definition) is 1. The molecule has 1 N–H and O–H groups in total. The van der Waals surface area contributed by atoms with Gasteiger partial charge in [-0.15, -0.1) is 13.2 Å². The van der Waals surface area contributed by atoms with Gasteiger partial charge in [0.2, 0.25) is 5.88 Å². The zero-order chi connectivity index (χ0) is 20.8. The standard InChI is InChI=1S/C18H17F3N6O2/c1-10-12(9-27(24-10)18(19,20)21)17(28)23-13-4-6-26-15(13)8-14(25-26)11-3-5-22-16(7-11)29-2/h3,5,7-9,13H,4,6H2,1-2H3,(H,23,28). The summed E-state index contributed by atoms with van der Waals surface area (Å²) in [4.78, 5) is 16.6. The van der Waals surface area contributed by atoms with Crippen molar-refractivity contribution in [2.45, 2.75) is 32.2 Å². The summed E-state index contributed by atoms with van der Waals surface area (Å²) in [5.74, 6) is -0.151. The molecule has 0 spiro atoms. The number of aryl methyl sites for hydroxylation is 2. The van der Waals surface area contributed by atoms with E-state index >= 15 is 0 Å². The van der Waals surface area contributed by atoms with E-state index in [0.717, 1.165) is 11.3 Å². The Labute approximate surface area is 163 Å². The van der Waals surface area contributed by atoms with Crippen LogP contribution in [0.5, 0.6) is 5.88 Å². The van der Waals surface area contributed by atoms with Crippen molar-refractivity contribution in [3.63, 3.8) is 0 Å². The first kappa shape index (κ1) is 19.0. The summed E-state index contributed by atoms with van der Waals surface area (Å²) in [5, 5.41) is 10.7. The molecule has 1 atom stereocenters. The van der Waals surface area contributed by atoms with Crippen LogP contribution in [-0.2, 0) is 12.8 Å². The number of pyridine rings is 1. The molecule has 4 heterocycles. The number of hydrogen-bond acceptors (Lipinski definition) is 5. The van der Waals surface area contributed by atoms with Gasteiger partial charge in [-0.3, -0.25) is 9.48 Å². The summed E-state index contributed by atoms with van der Waals surface area (Å²) < 4.78 is 45.2. The molecule has 0 fully saturated rings. The highest BCUT2D eigenvalue weighted by Crippen LogP contribution is 2.31. The number of halogens is 3. The van der Waals surface area contributed by atoms with Crippen LogP contribution in [-0.4, -0.2) is 37.6 Å². The van der Waals surface area contributed by atoms with Gasteiger partial charge in [-0.05, 0) is 25.5 Å². The number of rotatable bonds is 4. The first-order valence-corrected chi connectivity index (χ1v) is 8.79. The number of carbonyl (C=O) groups is 1. The van der Waals surface area contributed by atoms with Crippen LogP contribution in [0.25, 0.3) is 11.3 Å². The van der Waals surface area contributed by atoms with Crippen LogP contribution in [0.15, 0.2) is 30.6 Å². The van der Waals surface area contributed by atoms with Crippen molar-refractivity contribution in [1.82, 2.24) is 29.9 Å². The van der Waals surface area contributed by atoms with Gasteiger partial charge in [-0.2, -0.15) is 14.9 Å². The SMILES string of the molecule is COc1cc(-c2cc3n(n2)CCC3NC(=O)c2cn(C(F)(F)F)nc2C)ccn1. The highest BCUT2D eigenvalue weighted by molar-refractivity contribution is 5.95. The Hall–Kier alpha value is -3.37. The second-order valence-electron chi connectivity index (χ2n) is 6.62. The Bertz CT molecular complexity index is 1070. The van der Waals surface area contributed by atoms with E-state index in [4.69, 9.17) is 4.74 Å². The average Bonchev–Trinajstić information content (AvgIpc) is 3.36.